The summed E-state index contributed by atoms with van der Waals surface area (Å²) in [6.45, 7) is 0.389. The maximum atomic E-state index is 5.99. The van der Waals surface area contributed by atoms with Gasteiger partial charge in [0.25, 0.3) is 0 Å². The lowest BCUT2D eigenvalue weighted by Gasteiger charge is -2.09. The molecule has 3 nitrogen and oxygen atoms in total. The van der Waals surface area contributed by atoms with Gasteiger partial charge < -0.3 is 10.5 Å². The second-order valence-electron chi connectivity index (χ2n) is 3.71. The summed E-state index contributed by atoms with van der Waals surface area (Å²) in [5.41, 5.74) is 8.25. The van der Waals surface area contributed by atoms with Crippen LogP contribution in [0.4, 0.5) is 0 Å². The molecule has 1 aromatic heterocycles. The Morgan fingerprint density at radius 3 is 2.61 bits per heavy atom. The Balaban J connectivity index is 2.47. The summed E-state index contributed by atoms with van der Waals surface area (Å²) in [4.78, 5) is 4.32. The van der Waals surface area contributed by atoms with Crippen molar-refractivity contribution >= 4 is 23.2 Å². The maximum absolute atomic E-state index is 5.99. The van der Waals surface area contributed by atoms with Gasteiger partial charge in [-0.05, 0) is 18.2 Å². The van der Waals surface area contributed by atoms with Gasteiger partial charge in [0, 0.05) is 17.7 Å². The molecule has 2 N–H and O–H groups in total. The Kier molecular flexibility index (Phi) is 4.07. The van der Waals surface area contributed by atoms with Crippen molar-refractivity contribution in [3.63, 3.8) is 0 Å². The highest BCUT2D eigenvalue weighted by Gasteiger charge is 2.07. The molecule has 0 amide bonds. The summed E-state index contributed by atoms with van der Waals surface area (Å²) in [5.74, 6) is 0.682. The van der Waals surface area contributed by atoms with Crippen molar-refractivity contribution < 1.29 is 4.74 Å². The topological polar surface area (TPSA) is 48.1 Å². The van der Waals surface area contributed by atoms with Crippen LogP contribution in [-0.2, 0) is 6.54 Å². The molecule has 0 saturated carbocycles. The highest BCUT2D eigenvalue weighted by molar-refractivity contribution is 6.42. The lowest BCUT2D eigenvalue weighted by atomic mass is 10.1. The fourth-order valence-electron chi connectivity index (χ4n) is 1.64. The van der Waals surface area contributed by atoms with Gasteiger partial charge in [-0.1, -0.05) is 29.3 Å². The summed E-state index contributed by atoms with van der Waals surface area (Å²) in [6, 6.07) is 7.27. The highest BCUT2D eigenvalue weighted by Crippen LogP contribution is 2.29. The van der Waals surface area contributed by atoms with E-state index < -0.39 is 0 Å². The van der Waals surface area contributed by atoms with Crippen LogP contribution in [0.25, 0.3) is 11.3 Å². The Labute approximate surface area is 115 Å². The van der Waals surface area contributed by atoms with Crippen LogP contribution in [0.15, 0.2) is 30.5 Å². The molecule has 0 atom stereocenters. The molecule has 0 aliphatic carbocycles. The molecule has 18 heavy (non-hydrogen) atoms. The van der Waals surface area contributed by atoms with Crippen LogP contribution in [-0.4, -0.2) is 12.1 Å². The molecule has 1 heterocycles. The van der Waals surface area contributed by atoms with Gasteiger partial charge in [-0.15, -0.1) is 0 Å². The van der Waals surface area contributed by atoms with E-state index in [9.17, 15) is 0 Å². The maximum Gasteiger partial charge on any atom is 0.141 e. The third-order valence-corrected chi connectivity index (χ3v) is 3.34. The van der Waals surface area contributed by atoms with E-state index in [-0.39, 0.29) is 0 Å². The Morgan fingerprint density at radius 2 is 2.00 bits per heavy atom. The van der Waals surface area contributed by atoms with E-state index in [0.717, 1.165) is 16.8 Å². The van der Waals surface area contributed by atoms with Crippen molar-refractivity contribution in [2.24, 2.45) is 5.73 Å². The lowest BCUT2D eigenvalue weighted by molar-refractivity contribution is 0.408. The predicted molar refractivity (Wildman–Crippen MR) is 74.1 cm³/mol. The van der Waals surface area contributed by atoms with Crippen molar-refractivity contribution in [2.45, 2.75) is 6.54 Å². The molecular formula is C13H12Cl2N2O. The second-order valence-corrected chi connectivity index (χ2v) is 4.53. The number of methoxy groups -OCH3 is 1. The highest BCUT2D eigenvalue weighted by atomic mass is 35.5. The predicted octanol–water partition coefficient (Wildman–Crippen LogP) is 3.52. The SMILES string of the molecule is COc1cnc(-c2ccc(Cl)c(Cl)c2)cc1CN. The Bertz CT molecular complexity index is 573. The molecule has 0 bridgehead atoms. The number of hydrogen-bond donors (Lipinski definition) is 1. The van der Waals surface area contributed by atoms with Crippen LogP contribution >= 0.6 is 23.2 Å². The van der Waals surface area contributed by atoms with E-state index in [1.807, 2.05) is 12.1 Å². The zero-order valence-electron chi connectivity index (χ0n) is 9.78. The van der Waals surface area contributed by atoms with Crippen LogP contribution in [0.5, 0.6) is 5.75 Å². The van der Waals surface area contributed by atoms with Crippen LogP contribution < -0.4 is 10.5 Å². The van der Waals surface area contributed by atoms with Gasteiger partial charge in [-0.25, -0.2) is 0 Å². The number of nitrogens with two attached hydrogens (primary N) is 1. The largest absolute Gasteiger partial charge is 0.495 e. The van der Waals surface area contributed by atoms with E-state index in [2.05, 4.69) is 4.98 Å². The van der Waals surface area contributed by atoms with Crippen LogP contribution in [0.2, 0.25) is 10.0 Å². The molecule has 0 aliphatic rings. The van der Waals surface area contributed by atoms with Crippen molar-refractivity contribution in [1.29, 1.82) is 0 Å². The van der Waals surface area contributed by atoms with Crippen molar-refractivity contribution in [3.8, 4) is 17.0 Å². The molecule has 5 heteroatoms. The second kappa shape index (κ2) is 5.57. The number of aromatic nitrogens is 1. The van der Waals surface area contributed by atoms with Gasteiger partial charge in [0.2, 0.25) is 0 Å². The summed E-state index contributed by atoms with van der Waals surface area (Å²) >= 11 is 11.9. The fourth-order valence-corrected chi connectivity index (χ4v) is 1.94. The number of pyridine rings is 1. The van der Waals surface area contributed by atoms with E-state index in [4.69, 9.17) is 33.7 Å². The molecule has 0 radical (unpaired) electrons. The monoisotopic (exact) mass is 282 g/mol. The lowest BCUT2D eigenvalue weighted by Crippen LogP contribution is -2.01. The Hall–Kier alpha value is -1.29. The third kappa shape index (κ3) is 2.58. The third-order valence-electron chi connectivity index (χ3n) is 2.60. The number of hydrogen-bond acceptors (Lipinski definition) is 3. The van der Waals surface area contributed by atoms with E-state index in [1.54, 1.807) is 25.4 Å². The molecule has 0 aliphatic heterocycles. The van der Waals surface area contributed by atoms with Gasteiger partial charge >= 0.3 is 0 Å². The zero-order chi connectivity index (χ0) is 13.1. The molecule has 1 aromatic carbocycles. The summed E-state index contributed by atoms with van der Waals surface area (Å²) < 4.78 is 5.18. The normalized spacial score (nSPS) is 10.4. The molecule has 0 unspecified atom stereocenters. The number of halogens is 2. The quantitative estimate of drug-likeness (QED) is 0.937. The minimum Gasteiger partial charge on any atom is -0.495 e. The van der Waals surface area contributed by atoms with Gasteiger partial charge in [0.05, 0.1) is 29.0 Å². The van der Waals surface area contributed by atoms with Crippen LogP contribution in [0.1, 0.15) is 5.56 Å². The first-order valence-corrected chi connectivity index (χ1v) is 6.09. The number of benzene rings is 1. The summed E-state index contributed by atoms with van der Waals surface area (Å²) in [7, 11) is 1.59. The first-order chi connectivity index (χ1) is 8.65. The number of rotatable bonds is 3. The first kappa shape index (κ1) is 13.1. The molecule has 0 saturated heterocycles. The van der Waals surface area contributed by atoms with Crippen LogP contribution in [0.3, 0.4) is 0 Å². The molecule has 0 spiro atoms. The Morgan fingerprint density at radius 1 is 1.22 bits per heavy atom. The average Bonchev–Trinajstić information content (AvgIpc) is 2.41. The molecule has 94 valence electrons. The number of nitrogens with zero attached hydrogens (tertiary/aromatic N) is 1. The summed E-state index contributed by atoms with van der Waals surface area (Å²) in [5, 5.41) is 1.02. The molecule has 2 aromatic rings. The van der Waals surface area contributed by atoms with E-state index in [1.165, 1.54) is 0 Å². The van der Waals surface area contributed by atoms with Gasteiger partial charge in [-0.2, -0.15) is 0 Å². The minimum atomic E-state index is 0.389. The van der Waals surface area contributed by atoms with Crippen molar-refractivity contribution in [2.75, 3.05) is 7.11 Å². The smallest absolute Gasteiger partial charge is 0.141 e. The minimum absolute atomic E-state index is 0.389. The van der Waals surface area contributed by atoms with Crippen molar-refractivity contribution in [1.82, 2.24) is 4.98 Å². The van der Waals surface area contributed by atoms with E-state index >= 15 is 0 Å². The van der Waals surface area contributed by atoms with Crippen molar-refractivity contribution in [3.05, 3.63) is 46.1 Å². The zero-order valence-corrected chi connectivity index (χ0v) is 11.3. The van der Waals surface area contributed by atoms with Gasteiger partial charge in [0.1, 0.15) is 5.75 Å². The molecule has 0 fully saturated rings. The van der Waals surface area contributed by atoms with Gasteiger partial charge in [0.15, 0.2) is 0 Å². The summed E-state index contributed by atoms with van der Waals surface area (Å²) in [6.07, 6.45) is 1.65. The number of ether oxygens (including phenoxy) is 1. The molecule has 2 rings (SSSR count). The fraction of sp³-hybridized carbons (Fsp3) is 0.154. The standard InChI is InChI=1S/C13H12Cl2N2O/c1-18-13-7-17-12(5-9(13)6-16)8-2-3-10(14)11(15)4-8/h2-5,7H,6,16H2,1H3. The van der Waals surface area contributed by atoms with Crippen LogP contribution in [0, 0.1) is 0 Å². The first-order valence-electron chi connectivity index (χ1n) is 5.34. The van der Waals surface area contributed by atoms with E-state index in [0.29, 0.717) is 22.3 Å². The molecular weight excluding hydrogens is 271 g/mol. The average molecular weight is 283 g/mol. The van der Waals surface area contributed by atoms with Gasteiger partial charge in [-0.3, -0.25) is 4.98 Å².